The fraction of sp³-hybridized carbons (Fsp3) is 0.267. The molecule has 0 atom stereocenters. The van der Waals surface area contributed by atoms with E-state index in [1.807, 2.05) is 30.5 Å². The Bertz CT molecular complexity index is 575. The highest BCUT2D eigenvalue weighted by Crippen LogP contribution is 2.29. The van der Waals surface area contributed by atoms with Gasteiger partial charge in [-0.2, -0.15) is 0 Å². The van der Waals surface area contributed by atoms with E-state index >= 15 is 0 Å². The lowest BCUT2D eigenvalue weighted by Gasteiger charge is -2.10. The molecular formula is C15H18BrN3O. The van der Waals surface area contributed by atoms with E-state index in [1.165, 1.54) is 0 Å². The summed E-state index contributed by atoms with van der Waals surface area (Å²) in [7, 11) is 1.65. The summed E-state index contributed by atoms with van der Waals surface area (Å²) in [5, 5.41) is 6.64. The van der Waals surface area contributed by atoms with Crippen LogP contribution in [0, 0.1) is 0 Å². The number of hydrogen-bond donors (Lipinski definition) is 2. The van der Waals surface area contributed by atoms with Gasteiger partial charge in [-0.05, 0) is 46.6 Å². The summed E-state index contributed by atoms with van der Waals surface area (Å²) in [6.07, 6.45) is 4.71. The lowest BCUT2D eigenvalue weighted by atomic mass is 10.3. The summed E-state index contributed by atoms with van der Waals surface area (Å²) < 4.78 is 6.13. The number of ether oxygens (including phenoxy) is 1. The molecule has 2 N–H and O–H groups in total. The molecule has 0 aliphatic carbocycles. The van der Waals surface area contributed by atoms with Crippen LogP contribution in [0.3, 0.4) is 0 Å². The zero-order chi connectivity index (χ0) is 14.4. The number of anilines is 3. The summed E-state index contributed by atoms with van der Waals surface area (Å²) in [5.74, 6) is 0.812. The predicted octanol–water partition coefficient (Wildman–Crippen LogP) is 4.42. The zero-order valence-electron chi connectivity index (χ0n) is 11.6. The highest BCUT2D eigenvalue weighted by molar-refractivity contribution is 9.10. The number of nitrogens with zero attached hydrogens (tertiary/aromatic N) is 1. The van der Waals surface area contributed by atoms with E-state index in [4.69, 9.17) is 4.74 Å². The Balaban J connectivity index is 2.11. The molecular weight excluding hydrogens is 318 g/mol. The minimum atomic E-state index is 0.812. The average molecular weight is 336 g/mol. The van der Waals surface area contributed by atoms with Crippen LogP contribution in [0.25, 0.3) is 0 Å². The van der Waals surface area contributed by atoms with E-state index in [-0.39, 0.29) is 0 Å². The van der Waals surface area contributed by atoms with Gasteiger partial charge in [0.2, 0.25) is 0 Å². The summed E-state index contributed by atoms with van der Waals surface area (Å²) in [5.41, 5.74) is 2.94. The fourth-order valence-corrected chi connectivity index (χ4v) is 2.33. The highest BCUT2D eigenvalue weighted by atomic mass is 79.9. The van der Waals surface area contributed by atoms with Crippen molar-refractivity contribution in [2.75, 3.05) is 24.3 Å². The molecule has 0 aliphatic rings. The Kier molecular flexibility index (Phi) is 5.24. The number of nitrogens with one attached hydrogen (secondary N) is 2. The van der Waals surface area contributed by atoms with Crippen LogP contribution in [0.2, 0.25) is 0 Å². The Morgan fingerprint density at radius 1 is 1.15 bits per heavy atom. The molecule has 4 nitrogen and oxygen atoms in total. The first-order valence-electron chi connectivity index (χ1n) is 6.52. The molecule has 0 saturated carbocycles. The van der Waals surface area contributed by atoms with Crippen molar-refractivity contribution in [2.45, 2.75) is 13.3 Å². The Morgan fingerprint density at radius 2 is 1.95 bits per heavy atom. The smallest absolute Gasteiger partial charge is 0.133 e. The first-order chi connectivity index (χ1) is 9.72. The summed E-state index contributed by atoms with van der Waals surface area (Å²) >= 11 is 3.48. The van der Waals surface area contributed by atoms with Crippen molar-refractivity contribution >= 4 is 33.0 Å². The molecule has 0 unspecified atom stereocenters. The van der Waals surface area contributed by atoms with Gasteiger partial charge in [0.25, 0.3) is 0 Å². The molecule has 0 amide bonds. The molecule has 0 fully saturated rings. The predicted molar refractivity (Wildman–Crippen MR) is 87.0 cm³/mol. The van der Waals surface area contributed by atoms with Crippen LogP contribution in [-0.4, -0.2) is 18.6 Å². The fourth-order valence-electron chi connectivity index (χ4n) is 1.79. The molecule has 2 rings (SSSR count). The van der Waals surface area contributed by atoms with Crippen molar-refractivity contribution in [1.29, 1.82) is 0 Å². The van der Waals surface area contributed by atoms with Crippen molar-refractivity contribution in [3.63, 3.8) is 0 Å². The van der Waals surface area contributed by atoms with Crippen LogP contribution in [0.5, 0.6) is 5.75 Å². The van der Waals surface area contributed by atoms with Crippen LogP contribution >= 0.6 is 15.9 Å². The van der Waals surface area contributed by atoms with Crippen LogP contribution in [-0.2, 0) is 0 Å². The normalized spacial score (nSPS) is 10.2. The van der Waals surface area contributed by atoms with E-state index < -0.39 is 0 Å². The Hall–Kier alpha value is -1.75. The number of rotatable bonds is 6. The van der Waals surface area contributed by atoms with Gasteiger partial charge in [0.15, 0.2) is 0 Å². The number of halogens is 1. The molecule has 5 heteroatoms. The second-order valence-electron chi connectivity index (χ2n) is 4.36. The van der Waals surface area contributed by atoms with Crippen molar-refractivity contribution in [1.82, 2.24) is 4.98 Å². The van der Waals surface area contributed by atoms with Gasteiger partial charge in [0.05, 0.1) is 35.4 Å². The molecule has 0 aliphatic heterocycles. The van der Waals surface area contributed by atoms with Crippen LogP contribution < -0.4 is 15.4 Å². The van der Waals surface area contributed by atoms with Gasteiger partial charge in [-0.1, -0.05) is 6.92 Å². The number of aromatic nitrogens is 1. The van der Waals surface area contributed by atoms with E-state index in [9.17, 15) is 0 Å². The third-order valence-corrected chi connectivity index (χ3v) is 3.38. The molecule has 2 aromatic rings. The van der Waals surface area contributed by atoms with Crippen molar-refractivity contribution in [2.24, 2.45) is 0 Å². The van der Waals surface area contributed by atoms with Crippen molar-refractivity contribution in [3.8, 4) is 5.75 Å². The van der Waals surface area contributed by atoms with Crippen LogP contribution in [0.15, 0.2) is 41.1 Å². The summed E-state index contributed by atoms with van der Waals surface area (Å²) in [6.45, 7) is 3.08. The molecule has 20 heavy (non-hydrogen) atoms. The highest BCUT2D eigenvalue weighted by Gasteiger charge is 2.02. The van der Waals surface area contributed by atoms with E-state index in [0.717, 1.165) is 40.2 Å². The lowest BCUT2D eigenvalue weighted by molar-refractivity contribution is 0.412. The first kappa shape index (κ1) is 14.7. The standard InChI is InChI=1S/C15H18BrN3O/c1-3-6-18-12-7-13(10-17-9-12)19-11-4-5-15(20-2)14(16)8-11/h4-5,7-10,18-19H,3,6H2,1-2H3. The maximum absolute atomic E-state index is 5.22. The maximum atomic E-state index is 5.22. The topological polar surface area (TPSA) is 46.2 Å². The second-order valence-corrected chi connectivity index (χ2v) is 5.22. The molecule has 1 aromatic heterocycles. The SMILES string of the molecule is CCCNc1cncc(Nc2ccc(OC)c(Br)c2)c1. The van der Waals surface area contributed by atoms with E-state index in [1.54, 1.807) is 13.3 Å². The van der Waals surface area contributed by atoms with E-state index in [2.05, 4.69) is 38.5 Å². The quantitative estimate of drug-likeness (QED) is 0.820. The molecule has 0 radical (unpaired) electrons. The van der Waals surface area contributed by atoms with Gasteiger partial charge in [0, 0.05) is 12.2 Å². The van der Waals surface area contributed by atoms with Crippen LogP contribution in [0.1, 0.15) is 13.3 Å². The lowest BCUT2D eigenvalue weighted by Crippen LogP contribution is -2.01. The third-order valence-electron chi connectivity index (χ3n) is 2.76. The zero-order valence-corrected chi connectivity index (χ0v) is 13.2. The Morgan fingerprint density at radius 3 is 2.65 bits per heavy atom. The largest absolute Gasteiger partial charge is 0.496 e. The first-order valence-corrected chi connectivity index (χ1v) is 7.31. The van der Waals surface area contributed by atoms with Gasteiger partial charge in [-0.3, -0.25) is 4.98 Å². The van der Waals surface area contributed by atoms with Gasteiger partial charge in [-0.25, -0.2) is 0 Å². The molecule has 0 spiro atoms. The van der Waals surface area contributed by atoms with Crippen molar-refractivity contribution < 1.29 is 4.74 Å². The number of benzene rings is 1. The molecule has 0 bridgehead atoms. The number of pyridine rings is 1. The third kappa shape index (κ3) is 3.87. The van der Waals surface area contributed by atoms with Gasteiger partial charge in [-0.15, -0.1) is 0 Å². The summed E-state index contributed by atoms with van der Waals surface area (Å²) in [6, 6.07) is 7.90. The van der Waals surface area contributed by atoms with Gasteiger partial charge in [0.1, 0.15) is 5.75 Å². The molecule has 1 aromatic carbocycles. The maximum Gasteiger partial charge on any atom is 0.133 e. The number of hydrogen-bond acceptors (Lipinski definition) is 4. The van der Waals surface area contributed by atoms with Crippen LogP contribution in [0.4, 0.5) is 17.1 Å². The number of methoxy groups -OCH3 is 1. The molecule has 106 valence electrons. The van der Waals surface area contributed by atoms with E-state index in [0.29, 0.717) is 0 Å². The Labute approximate surface area is 127 Å². The average Bonchev–Trinajstić information content (AvgIpc) is 2.46. The minimum Gasteiger partial charge on any atom is -0.496 e. The summed E-state index contributed by atoms with van der Waals surface area (Å²) in [4.78, 5) is 4.23. The van der Waals surface area contributed by atoms with Gasteiger partial charge < -0.3 is 15.4 Å². The minimum absolute atomic E-state index is 0.812. The monoisotopic (exact) mass is 335 g/mol. The van der Waals surface area contributed by atoms with Crippen molar-refractivity contribution in [3.05, 3.63) is 41.1 Å². The molecule has 1 heterocycles. The van der Waals surface area contributed by atoms with Gasteiger partial charge >= 0.3 is 0 Å². The second kappa shape index (κ2) is 7.14. The molecule has 0 saturated heterocycles.